The molecule has 0 aromatic heterocycles. The van der Waals surface area contributed by atoms with Crippen LogP contribution in [0.5, 0.6) is 11.5 Å². The van der Waals surface area contributed by atoms with Crippen molar-refractivity contribution in [2.45, 2.75) is 39.8 Å². The standard InChI is InChI=1S/C21H27NO3/c1-6-16-7-9-17(10-8-16)14-22(4)21(23)18-11-12-19(25-15(2)3)20(13-18)24-5/h7-13,15H,6,14H2,1-5H3. The Morgan fingerprint density at radius 3 is 2.24 bits per heavy atom. The fourth-order valence-corrected chi connectivity index (χ4v) is 2.60. The van der Waals surface area contributed by atoms with E-state index in [9.17, 15) is 4.79 Å². The van der Waals surface area contributed by atoms with Crippen molar-refractivity contribution in [2.75, 3.05) is 14.2 Å². The molecule has 0 bridgehead atoms. The zero-order chi connectivity index (χ0) is 18.4. The van der Waals surface area contributed by atoms with Crippen molar-refractivity contribution >= 4 is 5.91 Å². The molecule has 25 heavy (non-hydrogen) atoms. The summed E-state index contributed by atoms with van der Waals surface area (Å²) >= 11 is 0. The molecular weight excluding hydrogens is 314 g/mol. The second-order valence-electron chi connectivity index (χ2n) is 6.36. The molecule has 0 N–H and O–H groups in total. The summed E-state index contributed by atoms with van der Waals surface area (Å²) in [5.74, 6) is 1.17. The highest BCUT2D eigenvalue weighted by Gasteiger charge is 2.16. The van der Waals surface area contributed by atoms with Gasteiger partial charge in [0.05, 0.1) is 13.2 Å². The van der Waals surface area contributed by atoms with Crippen LogP contribution in [0.1, 0.15) is 42.3 Å². The Bertz CT molecular complexity index is 708. The van der Waals surface area contributed by atoms with Crippen molar-refractivity contribution in [3.63, 3.8) is 0 Å². The van der Waals surface area contributed by atoms with E-state index in [2.05, 4.69) is 31.2 Å². The van der Waals surface area contributed by atoms with E-state index >= 15 is 0 Å². The van der Waals surface area contributed by atoms with Gasteiger partial charge in [-0.05, 0) is 49.6 Å². The number of methoxy groups -OCH3 is 1. The Kier molecular flexibility index (Phi) is 6.45. The van der Waals surface area contributed by atoms with E-state index in [0.717, 1.165) is 12.0 Å². The summed E-state index contributed by atoms with van der Waals surface area (Å²) in [7, 11) is 3.39. The minimum Gasteiger partial charge on any atom is -0.493 e. The summed E-state index contributed by atoms with van der Waals surface area (Å²) in [4.78, 5) is 14.4. The Labute approximate surface area is 150 Å². The number of benzene rings is 2. The topological polar surface area (TPSA) is 38.8 Å². The first-order chi connectivity index (χ1) is 11.9. The maximum Gasteiger partial charge on any atom is 0.254 e. The number of hydrogen-bond acceptors (Lipinski definition) is 3. The Balaban J connectivity index is 2.12. The van der Waals surface area contributed by atoms with Crippen LogP contribution in [0.25, 0.3) is 0 Å². The highest BCUT2D eigenvalue weighted by Crippen LogP contribution is 2.29. The van der Waals surface area contributed by atoms with Crippen molar-refractivity contribution in [3.8, 4) is 11.5 Å². The van der Waals surface area contributed by atoms with Gasteiger partial charge in [0.2, 0.25) is 0 Å². The number of aryl methyl sites for hydroxylation is 1. The zero-order valence-electron chi connectivity index (χ0n) is 15.7. The van der Waals surface area contributed by atoms with E-state index in [1.54, 1.807) is 37.3 Å². The second kappa shape index (κ2) is 8.56. The summed E-state index contributed by atoms with van der Waals surface area (Å²) < 4.78 is 11.1. The molecule has 0 aliphatic carbocycles. The van der Waals surface area contributed by atoms with E-state index < -0.39 is 0 Å². The Morgan fingerprint density at radius 2 is 1.68 bits per heavy atom. The normalized spacial score (nSPS) is 10.6. The number of carbonyl (C=O) groups is 1. The average molecular weight is 341 g/mol. The number of carbonyl (C=O) groups excluding carboxylic acids is 1. The van der Waals surface area contributed by atoms with Gasteiger partial charge in [-0.25, -0.2) is 0 Å². The van der Waals surface area contributed by atoms with Gasteiger partial charge >= 0.3 is 0 Å². The van der Waals surface area contributed by atoms with Crippen LogP contribution >= 0.6 is 0 Å². The summed E-state index contributed by atoms with van der Waals surface area (Å²) in [5, 5.41) is 0. The molecular formula is C21H27NO3. The first kappa shape index (κ1) is 18.8. The van der Waals surface area contributed by atoms with Gasteiger partial charge < -0.3 is 14.4 Å². The molecule has 4 nitrogen and oxygen atoms in total. The molecule has 0 atom stereocenters. The molecule has 2 aromatic rings. The van der Waals surface area contributed by atoms with Gasteiger partial charge in [-0.3, -0.25) is 4.79 Å². The number of hydrogen-bond donors (Lipinski definition) is 0. The van der Waals surface area contributed by atoms with Crippen LogP contribution < -0.4 is 9.47 Å². The fraction of sp³-hybridized carbons (Fsp3) is 0.381. The van der Waals surface area contributed by atoms with Gasteiger partial charge in [-0.2, -0.15) is 0 Å². The van der Waals surface area contributed by atoms with Crippen LogP contribution in [-0.2, 0) is 13.0 Å². The lowest BCUT2D eigenvalue weighted by atomic mass is 10.1. The third-order valence-corrected chi connectivity index (χ3v) is 3.97. The lowest BCUT2D eigenvalue weighted by Crippen LogP contribution is -2.26. The summed E-state index contributed by atoms with van der Waals surface area (Å²) in [6, 6.07) is 13.7. The van der Waals surface area contributed by atoms with E-state index in [1.165, 1.54) is 5.56 Å². The van der Waals surface area contributed by atoms with Gasteiger partial charge in [0.25, 0.3) is 5.91 Å². The van der Waals surface area contributed by atoms with Gasteiger partial charge in [0.15, 0.2) is 11.5 Å². The predicted molar refractivity (Wildman–Crippen MR) is 100 cm³/mol. The smallest absolute Gasteiger partial charge is 0.254 e. The highest BCUT2D eigenvalue weighted by molar-refractivity contribution is 5.94. The lowest BCUT2D eigenvalue weighted by molar-refractivity contribution is 0.0784. The molecule has 0 spiro atoms. The first-order valence-electron chi connectivity index (χ1n) is 8.62. The molecule has 2 rings (SSSR count). The van der Waals surface area contributed by atoms with Crippen LogP contribution in [0.3, 0.4) is 0 Å². The highest BCUT2D eigenvalue weighted by atomic mass is 16.5. The monoisotopic (exact) mass is 341 g/mol. The minimum absolute atomic E-state index is 0.0456. The first-order valence-corrected chi connectivity index (χ1v) is 8.62. The summed E-state index contributed by atoms with van der Waals surface area (Å²) in [6.45, 7) is 6.60. The fourth-order valence-electron chi connectivity index (χ4n) is 2.60. The molecule has 2 aromatic carbocycles. The van der Waals surface area contributed by atoms with Crippen molar-refractivity contribution in [2.24, 2.45) is 0 Å². The minimum atomic E-state index is -0.0473. The second-order valence-corrected chi connectivity index (χ2v) is 6.36. The molecule has 0 unspecified atom stereocenters. The molecule has 0 saturated carbocycles. The van der Waals surface area contributed by atoms with Crippen molar-refractivity contribution in [1.29, 1.82) is 0 Å². The number of rotatable bonds is 7. The van der Waals surface area contributed by atoms with Crippen LogP contribution in [0.15, 0.2) is 42.5 Å². The molecule has 134 valence electrons. The molecule has 0 aliphatic heterocycles. The van der Waals surface area contributed by atoms with E-state index in [0.29, 0.717) is 23.6 Å². The van der Waals surface area contributed by atoms with E-state index in [1.807, 2.05) is 13.8 Å². The van der Waals surface area contributed by atoms with E-state index in [-0.39, 0.29) is 12.0 Å². The van der Waals surface area contributed by atoms with Gasteiger partial charge in [0.1, 0.15) is 0 Å². The van der Waals surface area contributed by atoms with Gasteiger partial charge in [0, 0.05) is 19.2 Å². The Morgan fingerprint density at radius 1 is 1.04 bits per heavy atom. The molecule has 0 radical (unpaired) electrons. The quantitative estimate of drug-likeness (QED) is 0.753. The maximum atomic E-state index is 12.7. The van der Waals surface area contributed by atoms with Crippen LogP contribution in [0.2, 0.25) is 0 Å². The molecule has 0 saturated heterocycles. The van der Waals surface area contributed by atoms with Crippen molar-refractivity contribution < 1.29 is 14.3 Å². The number of ether oxygens (including phenoxy) is 2. The van der Waals surface area contributed by atoms with Crippen LogP contribution in [0, 0.1) is 0 Å². The third-order valence-electron chi connectivity index (χ3n) is 3.97. The number of nitrogens with zero attached hydrogens (tertiary/aromatic N) is 1. The van der Waals surface area contributed by atoms with Crippen molar-refractivity contribution in [1.82, 2.24) is 4.90 Å². The third kappa shape index (κ3) is 4.99. The molecule has 0 aliphatic rings. The van der Waals surface area contributed by atoms with Crippen LogP contribution in [0.4, 0.5) is 0 Å². The Hall–Kier alpha value is -2.49. The summed E-state index contributed by atoms with van der Waals surface area (Å²) in [5.41, 5.74) is 2.99. The zero-order valence-corrected chi connectivity index (χ0v) is 15.7. The molecule has 0 heterocycles. The van der Waals surface area contributed by atoms with Crippen molar-refractivity contribution in [3.05, 3.63) is 59.2 Å². The van der Waals surface area contributed by atoms with Gasteiger partial charge in [-0.1, -0.05) is 31.2 Å². The molecule has 4 heteroatoms. The van der Waals surface area contributed by atoms with Crippen LogP contribution in [-0.4, -0.2) is 31.1 Å². The van der Waals surface area contributed by atoms with E-state index in [4.69, 9.17) is 9.47 Å². The summed E-state index contributed by atoms with van der Waals surface area (Å²) in [6.07, 6.45) is 1.06. The average Bonchev–Trinajstić information content (AvgIpc) is 2.61. The van der Waals surface area contributed by atoms with Gasteiger partial charge in [-0.15, -0.1) is 0 Å². The predicted octanol–water partition coefficient (Wildman–Crippen LogP) is 4.32. The number of amides is 1. The largest absolute Gasteiger partial charge is 0.493 e. The molecule has 1 amide bonds. The SMILES string of the molecule is CCc1ccc(CN(C)C(=O)c2ccc(OC(C)C)c(OC)c2)cc1. The molecule has 0 fully saturated rings. The maximum absolute atomic E-state index is 12.7. The lowest BCUT2D eigenvalue weighted by Gasteiger charge is -2.19.